The number of amides is 1. The summed E-state index contributed by atoms with van der Waals surface area (Å²) in [4.78, 5) is 25.7. The van der Waals surface area contributed by atoms with Crippen LogP contribution in [0.5, 0.6) is 0 Å². The van der Waals surface area contributed by atoms with Gasteiger partial charge in [0.05, 0.1) is 39.9 Å². The van der Waals surface area contributed by atoms with Gasteiger partial charge < -0.3 is 28.8 Å². The lowest BCUT2D eigenvalue weighted by atomic mass is 10.0. The summed E-state index contributed by atoms with van der Waals surface area (Å²) in [5.41, 5.74) is 0. The number of likely N-dealkylation sites (N-methyl/N-ethyl adjacent to an activating group) is 1. The van der Waals surface area contributed by atoms with Gasteiger partial charge in [0.2, 0.25) is 5.91 Å². The third kappa shape index (κ3) is 73.2. The number of phosphoric ester groups is 1. The van der Waals surface area contributed by atoms with Crippen LogP contribution in [-0.4, -0.2) is 68.5 Å². The number of carbonyl (C=O) groups excluding carboxylic acids is 1. The maximum Gasteiger partial charge on any atom is 0.268 e. The zero-order chi connectivity index (χ0) is 64.8. The van der Waals surface area contributed by atoms with E-state index in [1.807, 2.05) is 27.2 Å². The molecule has 1 amide bonds. The third-order valence-electron chi connectivity index (χ3n) is 17.7. The molecule has 0 aliphatic carbocycles. The topological polar surface area (TPSA) is 108 Å². The van der Waals surface area contributed by atoms with Crippen LogP contribution in [0.4, 0.5) is 0 Å². The molecule has 0 aliphatic heterocycles. The van der Waals surface area contributed by atoms with Crippen molar-refractivity contribution in [1.29, 1.82) is 0 Å². The SMILES string of the molecule is CC/C=C\C/C=C\C/C=C\C/C=C\CCCCCCCCCCCCCCCCCCCCCCCCC(=O)NC(COP(=O)([O-])OCC[N+](C)(C)C)C(O)/C=C/CC/C=C/CCCCCCCCCCCCCCCCCCCCCCCCCCCC. The van der Waals surface area contributed by atoms with E-state index >= 15 is 0 Å². The second-order valence-corrected chi connectivity index (χ2v) is 29.1. The van der Waals surface area contributed by atoms with Gasteiger partial charge in [-0.15, -0.1) is 0 Å². The minimum absolute atomic E-state index is 0.00608. The molecular weight excluding hydrogens is 1120 g/mol. The fourth-order valence-electron chi connectivity index (χ4n) is 11.7. The van der Waals surface area contributed by atoms with Gasteiger partial charge >= 0.3 is 0 Å². The van der Waals surface area contributed by atoms with Crippen LogP contribution in [0.15, 0.2) is 72.9 Å². The van der Waals surface area contributed by atoms with Crippen molar-refractivity contribution in [2.75, 3.05) is 40.9 Å². The fourth-order valence-corrected chi connectivity index (χ4v) is 12.4. The van der Waals surface area contributed by atoms with E-state index in [-0.39, 0.29) is 12.5 Å². The number of carbonyl (C=O) groups is 1. The lowest BCUT2D eigenvalue weighted by molar-refractivity contribution is -0.870. The molecule has 9 heteroatoms. The molecule has 522 valence electrons. The molecule has 0 saturated carbocycles. The van der Waals surface area contributed by atoms with Crippen molar-refractivity contribution in [1.82, 2.24) is 5.32 Å². The van der Waals surface area contributed by atoms with Crippen LogP contribution in [0.1, 0.15) is 380 Å². The number of phosphoric acid groups is 1. The second kappa shape index (κ2) is 70.3. The summed E-state index contributed by atoms with van der Waals surface area (Å²) in [5, 5.41) is 14.0. The van der Waals surface area contributed by atoms with E-state index in [9.17, 15) is 19.4 Å². The van der Waals surface area contributed by atoms with Crippen molar-refractivity contribution in [3.05, 3.63) is 72.9 Å². The Kier molecular flexibility index (Phi) is 68.6. The predicted molar refractivity (Wildman–Crippen MR) is 390 cm³/mol. The number of hydrogen-bond acceptors (Lipinski definition) is 6. The Labute approximate surface area is 554 Å². The predicted octanol–water partition coefficient (Wildman–Crippen LogP) is 24.7. The van der Waals surface area contributed by atoms with Crippen LogP contribution in [0.25, 0.3) is 0 Å². The number of unbranched alkanes of at least 4 members (excludes halogenated alkanes) is 49. The molecule has 0 fully saturated rings. The molecular formula is C80H151N2O6P. The van der Waals surface area contributed by atoms with Crippen molar-refractivity contribution >= 4 is 13.7 Å². The van der Waals surface area contributed by atoms with Crippen LogP contribution in [0.3, 0.4) is 0 Å². The van der Waals surface area contributed by atoms with Gasteiger partial charge in [-0.2, -0.15) is 0 Å². The molecule has 3 atom stereocenters. The zero-order valence-electron chi connectivity index (χ0n) is 59.9. The first-order chi connectivity index (χ1) is 43.5. The Morgan fingerprint density at radius 3 is 1.04 bits per heavy atom. The van der Waals surface area contributed by atoms with Crippen molar-refractivity contribution in [2.45, 2.75) is 392 Å². The average Bonchev–Trinajstić information content (AvgIpc) is 3.64. The Morgan fingerprint density at radius 1 is 0.404 bits per heavy atom. The minimum atomic E-state index is -4.62. The molecule has 89 heavy (non-hydrogen) atoms. The monoisotopic (exact) mass is 1270 g/mol. The van der Waals surface area contributed by atoms with Gasteiger partial charge in [0, 0.05) is 6.42 Å². The molecule has 0 aromatic carbocycles. The van der Waals surface area contributed by atoms with Crippen molar-refractivity contribution in [3.8, 4) is 0 Å². The number of nitrogens with one attached hydrogen (secondary N) is 1. The maximum absolute atomic E-state index is 13.1. The molecule has 0 radical (unpaired) electrons. The molecule has 0 aromatic heterocycles. The van der Waals surface area contributed by atoms with Gasteiger partial charge in [0.1, 0.15) is 13.2 Å². The summed E-state index contributed by atoms with van der Waals surface area (Å²) >= 11 is 0. The van der Waals surface area contributed by atoms with Gasteiger partial charge in [0.15, 0.2) is 0 Å². The van der Waals surface area contributed by atoms with E-state index < -0.39 is 26.6 Å². The van der Waals surface area contributed by atoms with E-state index in [4.69, 9.17) is 9.05 Å². The highest BCUT2D eigenvalue weighted by Gasteiger charge is 2.23. The standard InChI is InChI=1S/C80H151N2O6P/c1-6-8-10-12-14-16-18-20-22-24-26-28-30-32-34-36-38-40-41-42-44-46-48-50-52-54-56-58-60-62-64-66-68-70-72-74-80(84)81-78(77-88-89(85,86)87-76-75-82(3,4)5)79(83)73-71-69-67-65-63-61-59-57-55-53-51-49-47-45-43-39-37-35-33-31-29-27-25-23-21-19-17-15-13-11-9-7-2/h8,10,14,16,20,22,26,28,63,65,71,73,78-79,83H,6-7,9,11-13,15,17-19,21,23-25,27,29-62,64,66-70,72,74-77H2,1-5H3,(H-,81,84,85,86)/b10-8-,16-14-,22-20-,28-26-,65-63+,73-71+. The molecule has 0 saturated heterocycles. The molecule has 0 heterocycles. The molecule has 0 bridgehead atoms. The van der Waals surface area contributed by atoms with Crippen LogP contribution in [0, 0.1) is 0 Å². The van der Waals surface area contributed by atoms with E-state index in [0.717, 1.165) is 64.2 Å². The van der Waals surface area contributed by atoms with E-state index in [1.54, 1.807) is 6.08 Å². The molecule has 0 aromatic rings. The first kappa shape index (κ1) is 86.9. The molecule has 0 rings (SSSR count). The second-order valence-electron chi connectivity index (χ2n) is 27.7. The van der Waals surface area contributed by atoms with E-state index in [1.165, 1.54) is 295 Å². The number of rotatable bonds is 72. The first-order valence-electron chi connectivity index (χ1n) is 38.8. The van der Waals surface area contributed by atoms with Crippen LogP contribution in [0.2, 0.25) is 0 Å². The van der Waals surface area contributed by atoms with Gasteiger partial charge in [-0.25, -0.2) is 0 Å². The van der Waals surface area contributed by atoms with Crippen molar-refractivity contribution in [2.24, 2.45) is 0 Å². The average molecular weight is 1270 g/mol. The highest BCUT2D eigenvalue weighted by atomic mass is 31.2. The number of allylic oxidation sites excluding steroid dienone is 11. The largest absolute Gasteiger partial charge is 0.756 e. The number of aliphatic hydroxyl groups excluding tert-OH is 1. The van der Waals surface area contributed by atoms with Crippen LogP contribution in [-0.2, 0) is 18.4 Å². The molecule has 3 unspecified atom stereocenters. The quantitative estimate of drug-likeness (QED) is 0.0272. The summed E-state index contributed by atoms with van der Waals surface area (Å²) in [6, 6.07) is -0.907. The van der Waals surface area contributed by atoms with Crippen molar-refractivity contribution in [3.63, 3.8) is 0 Å². The summed E-state index contributed by atoms with van der Waals surface area (Å²) in [6.07, 6.45) is 99.3. The number of nitrogens with zero attached hydrogens (tertiary/aromatic N) is 1. The fraction of sp³-hybridized carbons (Fsp3) is 0.838. The van der Waals surface area contributed by atoms with Gasteiger partial charge in [-0.3, -0.25) is 9.36 Å². The Morgan fingerprint density at radius 2 is 0.697 bits per heavy atom. The van der Waals surface area contributed by atoms with Crippen molar-refractivity contribution < 1.29 is 32.9 Å². The lowest BCUT2D eigenvalue weighted by Gasteiger charge is -2.29. The number of hydrogen-bond donors (Lipinski definition) is 2. The molecule has 8 nitrogen and oxygen atoms in total. The highest BCUT2D eigenvalue weighted by molar-refractivity contribution is 7.45. The van der Waals surface area contributed by atoms with E-state index in [2.05, 4.69) is 79.9 Å². The lowest BCUT2D eigenvalue weighted by Crippen LogP contribution is -2.45. The maximum atomic E-state index is 13.1. The van der Waals surface area contributed by atoms with Crippen LogP contribution < -0.4 is 10.2 Å². The number of quaternary nitrogens is 1. The summed E-state index contributed by atoms with van der Waals surface area (Å²) in [5.74, 6) is -0.201. The minimum Gasteiger partial charge on any atom is -0.756 e. The first-order valence-corrected chi connectivity index (χ1v) is 40.3. The summed E-state index contributed by atoms with van der Waals surface area (Å²) in [6.45, 7) is 4.57. The third-order valence-corrected chi connectivity index (χ3v) is 18.6. The molecule has 0 aliphatic rings. The molecule has 2 N–H and O–H groups in total. The van der Waals surface area contributed by atoms with Gasteiger partial charge in [0.25, 0.3) is 7.82 Å². The Bertz CT molecular complexity index is 1680. The highest BCUT2D eigenvalue weighted by Crippen LogP contribution is 2.38. The summed E-state index contributed by atoms with van der Waals surface area (Å²) in [7, 11) is 1.26. The Balaban J connectivity index is 4.01. The normalized spacial score (nSPS) is 13.9. The van der Waals surface area contributed by atoms with E-state index in [0.29, 0.717) is 17.4 Å². The summed E-state index contributed by atoms with van der Waals surface area (Å²) < 4.78 is 23.5. The van der Waals surface area contributed by atoms with Gasteiger partial charge in [-0.05, 0) is 70.6 Å². The smallest absolute Gasteiger partial charge is 0.268 e. The number of aliphatic hydroxyl groups is 1. The van der Waals surface area contributed by atoms with Crippen LogP contribution >= 0.6 is 7.82 Å². The zero-order valence-corrected chi connectivity index (χ0v) is 60.8. The Hall–Kier alpha value is -2.06. The van der Waals surface area contributed by atoms with Gasteiger partial charge in [-0.1, -0.05) is 376 Å². The molecule has 0 spiro atoms.